The van der Waals surface area contributed by atoms with Gasteiger partial charge in [-0.3, -0.25) is 14.3 Å². The first-order valence-electron chi connectivity index (χ1n) is 9.91. The summed E-state index contributed by atoms with van der Waals surface area (Å²) in [5, 5.41) is 22.8. The standard InChI is InChI=1S/C23H17ClN6O3S/c24-17-5-7-18(8-6-17)30-21(15-9-11-25-12-10-15)28-29-23(30)34-14-20(31)27-26-13-16-3-1-2-4-19(16)22(32)33/h1-13H,14H2,(H,27,31)(H,32,33)/b26-13-. The van der Waals surface area contributed by atoms with Crippen LogP contribution in [0.15, 0.2) is 83.3 Å². The molecule has 0 atom stereocenters. The molecule has 34 heavy (non-hydrogen) atoms. The van der Waals surface area contributed by atoms with Gasteiger partial charge in [0.15, 0.2) is 11.0 Å². The van der Waals surface area contributed by atoms with E-state index in [1.165, 1.54) is 24.0 Å². The van der Waals surface area contributed by atoms with E-state index in [1.807, 2.05) is 28.8 Å². The van der Waals surface area contributed by atoms with E-state index in [1.54, 1.807) is 42.7 Å². The Bertz CT molecular complexity index is 1340. The number of halogens is 1. The molecule has 0 aliphatic carbocycles. The zero-order chi connectivity index (χ0) is 23.9. The van der Waals surface area contributed by atoms with E-state index >= 15 is 0 Å². The van der Waals surface area contributed by atoms with E-state index < -0.39 is 5.97 Å². The number of amides is 1. The summed E-state index contributed by atoms with van der Waals surface area (Å²) >= 11 is 7.22. The second kappa shape index (κ2) is 10.7. The van der Waals surface area contributed by atoms with Crippen molar-refractivity contribution in [2.45, 2.75) is 5.16 Å². The fourth-order valence-corrected chi connectivity index (χ4v) is 3.89. The molecular formula is C23H17ClN6O3S. The molecule has 9 nitrogen and oxygen atoms in total. The molecule has 170 valence electrons. The highest BCUT2D eigenvalue weighted by Gasteiger charge is 2.17. The van der Waals surface area contributed by atoms with Crippen LogP contribution in [0, 0.1) is 0 Å². The number of hydrogen-bond acceptors (Lipinski definition) is 7. The molecule has 4 aromatic rings. The highest BCUT2D eigenvalue weighted by molar-refractivity contribution is 7.99. The van der Waals surface area contributed by atoms with Gasteiger partial charge in [-0.2, -0.15) is 5.10 Å². The van der Waals surface area contributed by atoms with Gasteiger partial charge in [-0.1, -0.05) is 41.6 Å². The van der Waals surface area contributed by atoms with Crippen LogP contribution < -0.4 is 5.43 Å². The fraction of sp³-hybridized carbons (Fsp3) is 0.0435. The molecule has 2 N–H and O–H groups in total. The van der Waals surface area contributed by atoms with E-state index in [0.29, 0.717) is 21.6 Å². The molecule has 0 fully saturated rings. The van der Waals surface area contributed by atoms with Crippen LogP contribution in [0.1, 0.15) is 15.9 Å². The molecule has 2 aromatic heterocycles. The number of nitrogens with one attached hydrogen (secondary N) is 1. The van der Waals surface area contributed by atoms with Crippen molar-refractivity contribution in [3.8, 4) is 17.1 Å². The molecule has 0 aliphatic heterocycles. The molecule has 2 aromatic carbocycles. The predicted octanol–water partition coefficient (Wildman–Crippen LogP) is 3.92. The fourth-order valence-electron chi connectivity index (χ4n) is 3.01. The number of rotatable bonds is 8. The van der Waals surface area contributed by atoms with Crippen LogP contribution in [0.4, 0.5) is 0 Å². The number of carbonyl (C=O) groups is 2. The molecule has 0 unspecified atom stereocenters. The first-order valence-corrected chi connectivity index (χ1v) is 11.3. The number of thioether (sulfide) groups is 1. The summed E-state index contributed by atoms with van der Waals surface area (Å²) in [5.74, 6) is -0.850. The van der Waals surface area contributed by atoms with Crippen LogP contribution >= 0.6 is 23.4 Å². The maximum absolute atomic E-state index is 12.3. The second-order valence-corrected chi connectivity index (χ2v) is 8.21. The Morgan fingerprint density at radius 2 is 1.79 bits per heavy atom. The van der Waals surface area contributed by atoms with Crippen molar-refractivity contribution in [2.24, 2.45) is 5.10 Å². The topological polar surface area (TPSA) is 122 Å². The lowest BCUT2D eigenvalue weighted by Crippen LogP contribution is -2.20. The SMILES string of the molecule is O=C(CSc1nnc(-c2ccncc2)n1-c1ccc(Cl)cc1)N/N=C\c1ccccc1C(=O)O. The third-order valence-corrected chi connectivity index (χ3v) is 5.75. The first-order chi connectivity index (χ1) is 16.5. The normalized spacial score (nSPS) is 11.0. The van der Waals surface area contributed by atoms with Crippen molar-refractivity contribution in [3.63, 3.8) is 0 Å². The van der Waals surface area contributed by atoms with E-state index in [-0.39, 0.29) is 17.2 Å². The zero-order valence-corrected chi connectivity index (χ0v) is 19.1. The van der Waals surface area contributed by atoms with Crippen molar-refractivity contribution in [1.82, 2.24) is 25.2 Å². The largest absolute Gasteiger partial charge is 0.478 e. The predicted molar refractivity (Wildman–Crippen MR) is 129 cm³/mol. The Morgan fingerprint density at radius 3 is 2.53 bits per heavy atom. The van der Waals surface area contributed by atoms with Gasteiger partial charge in [0.25, 0.3) is 5.91 Å². The number of nitrogens with zero attached hydrogens (tertiary/aromatic N) is 5. The summed E-state index contributed by atoms with van der Waals surface area (Å²) in [6.07, 6.45) is 4.62. The third-order valence-electron chi connectivity index (χ3n) is 4.57. The van der Waals surface area contributed by atoms with Gasteiger partial charge < -0.3 is 5.11 Å². The Labute approximate surface area is 203 Å². The third kappa shape index (κ3) is 5.48. The lowest BCUT2D eigenvalue weighted by Gasteiger charge is -2.10. The summed E-state index contributed by atoms with van der Waals surface area (Å²) in [6.45, 7) is 0. The van der Waals surface area contributed by atoms with Crippen LogP contribution in [0.3, 0.4) is 0 Å². The monoisotopic (exact) mass is 492 g/mol. The molecule has 0 saturated carbocycles. The highest BCUT2D eigenvalue weighted by atomic mass is 35.5. The minimum Gasteiger partial charge on any atom is -0.478 e. The van der Waals surface area contributed by atoms with Crippen molar-refractivity contribution in [2.75, 3.05) is 5.75 Å². The minimum atomic E-state index is -1.07. The van der Waals surface area contributed by atoms with Crippen molar-refractivity contribution < 1.29 is 14.7 Å². The smallest absolute Gasteiger partial charge is 0.336 e. The number of hydrogen-bond donors (Lipinski definition) is 2. The lowest BCUT2D eigenvalue weighted by atomic mass is 10.1. The van der Waals surface area contributed by atoms with Crippen molar-refractivity contribution >= 4 is 41.5 Å². The summed E-state index contributed by atoms with van der Waals surface area (Å²) in [4.78, 5) is 27.7. The average molecular weight is 493 g/mol. The summed E-state index contributed by atoms with van der Waals surface area (Å²) < 4.78 is 1.83. The van der Waals surface area contributed by atoms with E-state index in [9.17, 15) is 14.7 Å². The number of aromatic carboxylic acids is 1. The van der Waals surface area contributed by atoms with Crippen LogP contribution in [0.2, 0.25) is 5.02 Å². The number of pyridine rings is 1. The molecule has 0 aliphatic rings. The quantitative estimate of drug-likeness (QED) is 0.217. The summed E-state index contributed by atoms with van der Waals surface area (Å²) in [6, 6.07) is 17.2. The lowest BCUT2D eigenvalue weighted by molar-refractivity contribution is -0.118. The molecule has 0 saturated heterocycles. The van der Waals surface area contributed by atoms with Crippen molar-refractivity contribution in [1.29, 1.82) is 0 Å². The van der Waals surface area contributed by atoms with Gasteiger partial charge >= 0.3 is 5.97 Å². The molecule has 0 spiro atoms. The maximum Gasteiger partial charge on any atom is 0.336 e. The number of aromatic nitrogens is 4. The van der Waals surface area contributed by atoms with Crippen LogP contribution in [-0.4, -0.2) is 48.7 Å². The summed E-state index contributed by atoms with van der Waals surface area (Å²) in [7, 11) is 0. The van der Waals surface area contributed by atoms with E-state index in [0.717, 1.165) is 11.3 Å². The molecule has 11 heteroatoms. The van der Waals surface area contributed by atoms with Gasteiger partial charge in [0.2, 0.25) is 0 Å². The molecular weight excluding hydrogens is 476 g/mol. The van der Waals surface area contributed by atoms with Gasteiger partial charge in [0.05, 0.1) is 17.5 Å². The van der Waals surface area contributed by atoms with E-state index in [2.05, 4.69) is 25.7 Å². The Hall–Kier alpha value is -4.02. The Morgan fingerprint density at radius 1 is 1.06 bits per heavy atom. The number of carbonyl (C=O) groups excluding carboxylic acids is 1. The molecule has 0 radical (unpaired) electrons. The van der Waals surface area contributed by atoms with Crippen molar-refractivity contribution in [3.05, 3.63) is 89.2 Å². The molecule has 4 rings (SSSR count). The van der Waals surface area contributed by atoms with E-state index in [4.69, 9.17) is 11.6 Å². The Kier molecular flexibility index (Phi) is 7.31. The average Bonchev–Trinajstić information content (AvgIpc) is 3.28. The number of benzene rings is 2. The van der Waals surface area contributed by atoms with Crippen LogP contribution in [0.5, 0.6) is 0 Å². The van der Waals surface area contributed by atoms with Gasteiger partial charge in [0, 0.05) is 34.2 Å². The Balaban J connectivity index is 1.50. The summed E-state index contributed by atoms with van der Waals surface area (Å²) in [5.41, 5.74) is 4.48. The van der Waals surface area contributed by atoms with Gasteiger partial charge in [-0.25, -0.2) is 10.2 Å². The number of carboxylic acids is 1. The van der Waals surface area contributed by atoms with Crippen LogP contribution in [0.25, 0.3) is 17.1 Å². The number of hydrazone groups is 1. The highest BCUT2D eigenvalue weighted by Crippen LogP contribution is 2.28. The minimum absolute atomic E-state index is 0.0139. The number of carboxylic acid groups (broad SMARTS) is 1. The van der Waals surface area contributed by atoms with Crippen LogP contribution in [-0.2, 0) is 4.79 Å². The molecule has 2 heterocycles. The molecule has 0 bridgehead atoms. The zero-order valence-electron chi connectivity index (χ0n) is 17.5. The second-order valence-electron chi connectivity index (χ2n) is 6.83. The maximum atomic E-state index is 12.3. The van der Waals surface area contributed by atoms with Gasteiger partial charge in [0.1, 0.15) is 0 Å². The van der Waals surface area contributed by atoms with Gasteiger partial charge in [-0.05, 0) is 42.5 Å². The van der Waals surface area contributed by atoms with Gasteiger partial charge in [-0.15, -0.1) is 10.2 Å². The first kappa shape index (κ1) is 23.1. The molecule has 1 amide bonds.